The van der Waals surface area contributed by atoms with Crippen molar-refractivity contribution >= 4 is 5.82 Å². The van der Waals surface area contributed by atoms with E-state index in [4.69, 9.17) is 10.5 Å². The second-order valence-electron chi connectivity index (χ2n) is 3.85. The molecule has 14 heavy (non-hydrogen) atoms. The zero-order chi connectivity index (χ0) is 10.6. The Morgan fingerprint density at radius 2 is 2.07 bits per heavy atom. The number of ether oxygens (including phenoxy) is 1. The van der Waals surface area contributed by atoms with E-state index in [0.717, 1.165) is 5.56 Å². The third-order valence-corrected chi connectivity index (χ3v) is 2.30. The maximum absolute atomic E-state index is 5.65. The van der Waals surface area contributed by atoms with Gasteiger partial charge in [0.25, 0.3) is 0 Å². The van der Waals surface area contributed by atoms with Gasteiger partial charge in [0.2, 0.25) is 0 Å². The van der Waals surface area contributed by atoms with Crippen LogP contribution in [-0.4, -0.2) is 11.1 Å². The molecule has 0 radical (unpaired) electrons. The fourth-order valence-electron chi connectivity index (χ4n) is 0.941. The molecule has 0 aromatic carbocycles. The van der Waals surface area contributed by atoms with Crippen molar-refractivity contribution in [2.24, 2.45) is 5.92 Å². The van der Waals surface area contributed by atoms with Gasteiger partial charge in [-0.3, -0.25) is 0 Å². The van der Waals surface area contributed by atoms with Crippen molar-refractivity contribution in [1.82, 2.24) is 4.98 Å². The molecule has 1 aromatic heterocycles. The molecule has 1 heterocycles. The van der Waals surface area contributed by atoms with Gasteiger partial charge >= 0.3 is 0 Å². The van der Waals surface area contributed by atoms with Crippen molar-refractivity contribution in [3.63, 3.8) is 0 Å². The monoisotopic (exact) mass is 194 g/mol. The molecule has 1 atom stereocenters. The van der Waals surface area contributed by atoms with Gasteiger partial charge in [-0.05, 0) is 24.5 Å². The Morgan fingerprint density at radius 3 is 2.57 bits per heavy atom. The summed E-state index contributed by atoms with van der Waals surface area (Å²) in [5.41, 5.74) is 6.54. The average Bonchev–Trinajstić information content (AvgIpc) is 2.16. The van der Waals surface area contributed by atoms with E-state index in [1.165, 1.54) is 0 Å². The van der Waals surface area contributed by atoms with Crippen molar-refractivity contribution in [2.45, 2.75) is 33.5 Å². The third-order valence-electron chi connectivity index (χ3n) is 2.30. The first-order chi connectivity index (χ1) is 6.59. The number of nitrogens with zero attached hydrogens (tertiary/aromatic N) is 1. The van der Waals surface area contributed by atoms with Gasteiger partial charge in [0.1, 0.15) is 5.82 Å². The number of nitrogen functional groups attached to an aromatic ring is 1. The molecule has 3 nitrogen and oxygen atoms in total. The molecule has 0 aliphatic heterocycles. The van der Waals surface area contributed by atoms with Crippen LogP contribution in [0, 0.1) is 5.92 Å². The number of rotatable bonds is 4. The van der Waals surface area contributed by atoms with Crippen LogP contribution in [0.5, 0.6) is 0 Å². The summed E-state index contributed by atoms with van der Waals surface area (Å²) >= 11 is 0. The molecule has 0 aliphatic carbocycles. The van der Waals surface area contributed by atoms with E-state index in [2.05, 4.69) is 25.8 Å². The Labute approximate surface area is 85.3 Å². The maximum atomic E-state index is 5.65. The lowest BCUT2D eigenvalue weighted by molar-refractivity contribution is 0.0234. The van der Waals surface area contributed by atoms with Crippen LogP contribution < -0.4 is 5.73 Å². The predicted molar refractivity (Wildman–Crippen MR) is 57.7 cm³/mol. The van der Waals surface area contributed by atoms with Crippen LogP contribution in [0.15, 0.2) is 18.3 Å². The van der Waals surface area contributed by atoms with Crippen molar-refractivity contribution < 1.29 is 4.74 Å². The lowest BCUT2D eigenvalue weighted by Gasteiger charge is -2.16. The van der Waals surface area contributed by atoms with Gasteiger partial charge in [0.05, 0.1) is 12.7 Å². The summed E-state index contributed by atoms with van der Waals surface area (Å²) in [6.07, 6.45) is 2.02. The van der Waals surface area contributed by atoms with Crippen LogP contribution in [0.2, 0.25) is 0 Å². The largest absolute Gasteiger partial charge is 0.384 e. The lowest BCUT2D eigenvalue weighted by Crippen LogP contribution is -2.15. The minimum atomic E-state index is 0.271. The maximum Gasteiger partial charge on any atom is 0.123 e. The van der Waals surface area contributed by atoms with Crippen LogP contribution in [-0.2, 0) is 11.3 Å². The topological polar surface area (TPSA) is 48.1 Å². The molecular formula is C11H18N2O. The van der Waals surface area contributed by atoms with Gasteiger partial charge in [-0.1, -0.05) is 19.9 Å². The highest BCUT2D eigenvalue weighted by Crippen LogP contribution is 2.09. The van der Waals surface area contributed by atoms with Gasteiger partial charge in [-0.2, -0.15) is 0 Å². The zero-order valence-corrected chi connectivity index (χ0v) is 9.03. The molecule has 1 unspecified atom stereocenters. The molecule has 0 amide bonds. The highest BCUT2D eigenvalue weighted by molar-refractivity contribution is 5.28. The molecule has 0 spiro atoms. The molecule has 0 fully saturated rings. The molecule has 0 saturated carbocycles. The summed E-state index contributed by atoms with van der Waals surface area (Å²) in [5, 5.41) is 0. The zero-order valence-electron chi connectivity index (χ0n) is 9.03. The second-order valence-corrected chi connectivity index (χ2v) is 3.85. The van der Waals surface area contributed by atoms with E-state index >= 15 is 0 Å². The van der Waals surface area contributed by atoms with Crippen molar-refractivity contribution in [2.75, 3.05) is 5.73 Å². The minimum Gasteiger partial charge on any atom is -0.384 e. The molecule has 3 heteroatoms. The number of hydrogen-bond donors (Lipinski definition) is 1. The highest BCUT2D eigenvalue weighted by atomic mass is 16.5. The molecule has 0 bridgehead atoms. The normalized spacial score (nSPS) is 13.1. The Kier molecular flexibility index (Phi) is 3.89. The summed E-state index contributed by atoms with van der Waals surface area (Å²) in [6, 6.07) is 3.73. The fraction of sp³-hybridized carbons (Fsp3) is 0.545. The SMILES string of the molecule is CC(C)C(C)OCc1ccc(N)nc1. The molecule has 2 N–H and O–H groups in total. The highest BCUT2D eigenvalue weighted by Gasteiger charge is 2.06. The Morgan fingerprint density at radius 1 is 1.36 bits per heavy atom. The van der Waals surface area contributed by atoms with E-state index in [1.807, 2.05) is 6.07 Å². The summed E-state index contributed by atoms with van der Waals surface area (Å²) < 4.78 is 5.65. The second kappa shape index (κ2) is 4.96. The number of anilines is 1. The van der Waals surface area contributed by atoms with E-state index in [1.54, 1.807) is 12.3 Å². The van der Waals surface area contributed by atoms with Crippen LogP contribution in [0.1, 0.15) is 26.3 Å². The van der Waals surface area contributed by atoms with E-state index in [9.17, 15) is 0 Å². The van der Waals surface area contributed by atoms with Crippen molar-refractivity contribution in [3.05, 3.63) is 23.9 Å². The summed E-state index contributed by atoms with van der Waals surface area (Å²) in [7, 11) is 0. The first kappa shape index (κ1) is 11.0. The first-order valence-corrected chi connectivity index (χ1v) is 4.91. The number of aromatic nitrogens is 1. The summed E-state index contributed by atoms with van der Waals surface area (Å²) in [5.74, 6) is 1.09. The molecule has 1 aromatic rings. The summed E-state index contributed by atoms with van der Waals surface area (Å²) in [4.78, 5) is 4.00. The van der Waals surface area contributed by atoms with Gasteiger partial charge in [0, 0.05) is 6.20 Å². The Hall–Kier alpha value is -1.09. The molecule has 0 aliphatic rings. The Balaban J connectivity index is 2.42. The quantitative estimate of drug-likeness (QED) is 0.799. The number of pyridine rings is 1. The molecular weight excluding hydrogens is 176 g/mol. The predicted octanol–water partition coefficient (Wildman–Crippen LogP) is 2.22. The van der Waals surface area contributed by atoms with E-state index < -0.39 is 0 Å². The van der Waals surface area contributed by atoms with Gasteiger partial charge in [-0.15, -0.1) is 0 Å². The van der Waals surface area contributed by atoms with Crippen LogP contribution in [0.25, 0.3) is 0 Å². The smallest absolute Gasteiger partial charge is 0.123 e. The fourth-order valence-corrected chi connectivity index (χ4v) is 0.941. The standard InChI is InChI=1S/C11H18N2O/c1-8(2)9(3)14-7-10-4-5-11(12)13-6-10/h4-6,8-9H,7H2,1-3H3,(H2,12,13). The number of hydrogen-bond acceptors (Lipinski definition) is 3. The van der Waals surface area contributed by atoms with Crippen molar-refractivity contribution in [3.8, 4) is 0 Å². The number of nitrogens with two attached hydrogens (primary N) is 1. The Bertz CT molecular complexity index is 269. The minimum absolute atomic E-state index is 0.271. The first-order valence-electron chi connectivity index (χ1n) is 4.91. The average molecular weight is 194 g/mol. The summed E-state index contributed by atoms with van der Waals surface area (Å²) in [6.45, 7) is 6.97. The van der Waals surface area contributed by atoms with E-state index in [0.29, 0.717) is 18.3 Å². The third kappa shape index (κ3) is 3.34. The molecule has 78 valence electrons. The van der Waals surface area contributed by atoms with Crippen LogP contribution >= 0.6 is 0 Å². The van der Waals surface area contributed by atoms with Gasteiger partial charge < -0.3 is 10.5 Å². The molecule has 1 rings (SSSR count). The van der Waals surface area contributed by atoms with Gasteiger partial charge in [-0.25, -0.2) is 4.98 Å². The van der Waals surface area contributed by atoms with Gasteiger partial charge in [0.15, 0.2) is 0 Å². The van der Waals surface area contributed by atoms with Crippen molar-refractivity contribution in [1.29, 1.82) is 0 Å². The van der Waals surface area contributed by atoms with Crippen LogP contribution in [0.3, 0.4) is 0 Å². The van der Waals surface area contributed by atoms with Crippen LogP contribution in [0.4, 0.5) is 5.82 Å². The van der Waals surface area contributed by atoms with E-state index in [-0.39, 0.29) is 6.10 Å². The lowest BCUT2D eigenvalue weighted by atomic mass is 10.1. The molecule has 0 saturated heterocycles.